The lowest BCUT2D eigenvalue weighted by molar-refractivity contribution is -0.143. The lowest BCUT2D eigenvalue weighted by Crippen LogP contribution is -2.45. The van der Waals surface area contributed by atoms with Gasteiger partial charge in [-0.25, -0.2) is 0 Å². The van der Waals surface area contributed by atoms with Crippen molar-refractivity contribution in [2.75, 3.05) is 13.2 Å². The summed E-state index contributed by atoms with van der Waals surface area (Å²) in [5, 5.41) is 23.2. The number of hydrogen-bond acceptors (Lipinski definition) is 5. The van der Waals surface area contributed by atoms with E-state index in [-0.39, 0.29) is 18.5 Å². The van der Waals surface area contributed by atoms with Gasteiger partial charge in [0.2, 0.25) is 5.91 Å². The van der Waals surface area contributed by atoms with Gasteiger partial charge in [-0.05, 0) is 25.7 Å². The summed E-state index contributed by atoms with van der Waals surface area (Å²) in [6.45, 7) is 4.95. The van der Waals surface area contributed by atoms with E-state index in [1.54, 1.807) is 0 Å². The van der Waals surface area contributed by atoms with Crippen molar-refractivity contribution in [3.63, 3.8) is 0 Å². The molecule has 0 aliphatic rings. The van der Waals surface area contributed by atoms with Crippen LogP contribution in [-0.4, -0.2) is 47.4 Å². The fourth-order valence-electron chi connectivity index (χ4n) is 8.52. The van der Waals surface area contributed by atoms with Crippen LogP contribution in [0.15, 0.2) is 0 Å². The normalized spacial score (nSPS) is 12.5. The van der Waals surface area contributed by atoms with Gasteiger partial charge in [-0.3, -0.25) is 9.59 Å². The van der Waals surface area contributed by atoms with Gasteiger partial charge in [0.15, 0.2) is 0 Å². The third kappa shape index (κ3) is 46.2. The molecule has 0 saturated heterocycles. The Hall–Kier alpha value is -1.14. The van der Waals surface area contributed by atoms with Gasteiger partial charge in [0.25, 0.3) is 0 Å². The third-order valence-electron chi connectivity index (χ3n) is 12.7. The first-order chi connectivity index (χ1) is 29.0. The van der Waals surface area contributed by atoms with E-state index in [0.717, 1.165) is 38.5 Å². The van der Waals surface area contributed by atoms with Crippen LogP contribution in [0.3, 0.4) is 0 Å². The minimum Gasteiger partial charge on any atom is -0.466 e. The van der Waals surface area contributed by atoms with Gasteiger partial charge < -0.3 is 20.3 Å². The Labute approximate surface area is 368 Å². The van der Waals surface area contributed by atoms with Crippen LogP contribution >= 0.6 is 0 Å². The Kier molecular flexibility index (Phi) is 48.6. The standard InChI is InChI=1S/C53H105NO5/c1-3-5-7-9-11-13-15-22-25-29-33-37-41-45-51(56)50(49-55)54-52(57)46-42-38-34-30-26-23-20-18-17-19-21-24-28-32-36-40-44-48-59-53(58)47-43-39-35-31-27-16-14-12-10-8-6-4-2/h50-51,55-56H,3-49H2,1-2H3,(H,54,57). The topological polar surface area (TPSA) is 95.9 Å². The molecule has 352 valence electrons. The van der Waals surface area contributed by atoms with E-state index < -0.39 is 12.1 Å². The Morgan fingerprint density at radius 1 is 0.407 bits per heavy atom. The van der Waals surface area contributed by atoms with Gasteiger partial charge in [-0.15, -0.1) is 0 Å². The minimum atomic E-state index is -0.665. The minimum absolute atomic E-state index is 0.00660. The highest BCUT2D eigenvalue weighted by molar-refractivity contribution is 5.76. The predicted octanol–water partition coefficient (Wildman–Crippen LogP) is 16.0. The number of rotatable bonds is 50. The molecule has 0 radical (unpaired) electrons. The molecule has 0 saturated carbocycles. The Bertz CT molecular complexity index is 837. The van der Waals surface area contributed by atoms with Gasteiger partial charge in [0.05, 0.1) is 25.4 Å². The first-order valence-electron chi connectivity index (χ1n) is 26.8. The summed E-state index contributed by atoms with van der Waals surface area (Å²) >= 11 is 0. The SMILES string of the molecule is CCCCCCCCCCCCCCCC(O)C(CO)NC(=O)CCCCCCCCCCCCCCCCCCCOC(=O)CCCCCCCCCCCCCC. The summed E-state index contributed by atoms with van der Waals surface area (Å²) < 4.78 is 5.46. The molecule has 0 aliphatic carbocycles. The van der Waals surface area contributed by atoms with E-state index in [9.17, 15) is 19.8 Å². The smallest absolute Gasteiger partial charge is 0.305 e. The van der Waals surface area contributed by atoms with Gasteiger partial charge in [-0.1, -0.05) is 264 Å². The van der Waals surface area contributed by atoms with E-state index in [1.807, 2.05) is 0 Å². The third-order valence-corrected chi connectivity index (χ3v) is 12.7. The number of aliphatic hydroxyl groups excluding tert-OH is 2. The molecule has 0 bridgehead atoms. The molecule has 0 aromatic rings. The molecule has 2 unspecified atom stereocenters. The van der Waals surface area contributed by atoms with Crippen molar-refractivity contribution >= 4 is 11.9 Å². The number of esters is 1. The van der Waals surface area contributed by atoms with Gasteiger partial charge in [-0.2, -0.15) is 0 Å². The van der Waals surface area contributed by atoms with Crippen molar-refractivity contribution in [2.24, 2.45) is 0 Å². The molecule has 0 heterocycles. The molecule has 59 heavy (non-hydrogen) atoms. The van der Waals surface area contributed by atoms with Crippen molar-refractivity contribution in [2.45, 2.75) is 315 Å². The van der Waals surface area contributed by atoms with Gasteiger partial charge in [0.1, 0.15) is 0 Å². The van der Waals surface area contributed by atoms with Crippen LogP contribution in [0.4, 0.5) is 0 Å². The van der Waals surface area contributed by atoms with Crippen molar-refractivity contribution in [1.82, 2.24) is 5.32 Å². The van der Waals surface area contributed by atoms with Crippen LogP contribution in [-0.2, 0) is 14.3 Å². The number of hydrogen-bond donors (Lipinski definition) is 3. The number of ether oxygens (including phenoxy) is 1. The maximum Gasteiger partial charge on any atom is 0.305 e. The first kappa shape index (κ1) is 57.9. The quantitative estimate of drug-likeness (QED) is 0.0419. The summed E-state index contributed by atoms with van der Waals surface area (Å²) in [4.78, 5) is 24.4. The van der Waals surface area contributed by atoms with E-state index in [4.69, 9.17) is 4.74 Å². The number of aliphatic hydroxyl groups is 2. The first-order valence-corrected chi connectivity index (χ1v) is 26.8. The molecule has 1 amide bonds. The average molecular weight is 836 g/mol. The lowest BCUT2D eigenvalue weighted by atomic mass is 10.0. The van der Waals surface area contributed by atoms with E-state index in [2.05, 4.69) is 19.2 Å². The Morgan fingerprint density at radius 2 is 0.695 bits per heavy atom. The molecule has 0 aliphatic heterocycles. The van der Waals surface area contributed by atoms with E-state index in [1.165, 1.54) is 231 Å². The zero-order valence-electron chi connectivity index (χ0n) is 40.0. The van der Waals surface area contributed by atoms with Crippen molar-refractivity contribution in [1.29, 1.82) is 0 Å². The molecule has 6 heteroatoms. The molecule has 0 fully saturated rings. The average Bonchev–Trinajstić information content (AvgIpc) is 3.24. The van der Waals surface area contributed by atoms with Crippen LogP contribution in [0.1, 0.15) is 303 Å². The van der Waals surface area contributed by atoms with Crippen molar-refractivity contribution < 1.29 is 24.5 Å². The highest BCUT2D eigenvalue weighted by Crippen LogP contribution is 2.17. The fourth-order valence-corrected chi connectivity index (χ4v) is 8.52. The summed E-state index contributed by atoms with van der Waals surface area (Å²) in [7, 11) is 0. The molecule has 0 aromatic carbocycles. The Balaban J connectivity index is 3.40. The molecule has 0 aromatic heterocycles. The molecule has 0 spiro atoms. The number of amides is 1. The second-order valence-electron chi connectivity index (χ2n) is 18.6. The molecule has 6 nitrogen and oxygen atoms in total. The van der Waals surface area contributed by atoms with Crippen molar-refractivity contribution in [3.8, 4) is 0 Å². The van der Waals surface area contributed by atoms with Crippen LogP contribution in [0.5, 0.6) is 0 Å². The summed E-state index contributed by atoms with van der Waals surface area (Å²) in [6, 6.07) is -0.543. The summed E-state index contributed by atoms with van der Waals surface area (Å²) in [5.74, 6) is -0.0322. The Morgan fingerprint density at radius 3 is 1.03 bits per heavy atom. The highest BCUT2D eigenvalue weighted by Gasteiger charge is 2.20. The van der Waals surface area contributed by atoms with E-state index >= 15 is 0 Å². The van der Waals surface area contributed by atoms with Crippen LogP contribution in [0, 0.1) is 0 Å². The van der Waals surface area contributed by atoms with Gasteiger partial charge in [0, 0.05) is 12.8 Å². The molecule has 3 N–H and O–H groups in total. The molecular weight excluding hydrogens is 731 g/mol. The van der Waals surface area contributed by atoms with Crippen LogP contribution < -0.4 is 5.32 Å². The molecule has 2 atom stereocenters. The van der Waals surface area contributed by atoms with E-state index in [0.29, 0.717) is 25.9 Å². The maximum absolute atomic E-state index is 12.4. The largest absolute Gasteiger partial charge is 0.466 e. The molecular formula is C53H105NO5. The second kappa shape index (κ2) is 49.5. The number of carbonyl (C=O) groups is 2. The summed E-state index contributed by atoms with van der Waals surface area (Å²) in [6.07, 6.45) is 55.0. The number of carbonyl (C=O) groups excluding carboxylic acids is 2. The van der Waals surface area contributed by atoms with Crippen LogP contribution in [0.2, 0.25) is 0 Å². The fraction of sp³-hybridized carbons (Fsp3) is 0.962. The number of nitrogens with one attached hydrogen (secondary N) is 1. The van der Waals surface area contributed by atoms with Gasteiger partial charge >= 0.3 is 5.97 Å². The lowest BCUT2D eigenvalue weighted by Gasteiger charge is -2.22. The zero-order valence-corrected chi connectivity index (χ0v) is 40.0. The van der Waals surface area contributed by atoms with Crippen LogP contribution in [0.25, 0.3) is 0 Å². The highest BCUT2D eigenvalue weighted by atomic mass is 16.5. The summed E-state index contributed by atoms with van der Waals surface area (Å²) in [5.41, 5.74) is 0. The second-order valence-corrected chi connectivity index (χ2v) is 18.6. The number of unbranched alkanes of at least 4 members (excludes halogenated alkanes) is 39. The van der Waals surface area contributed by atoms with Crippen molar-refractivity contribution in [3.05, 3.63) is 0 Å². The monoisotopic (exact) mass is 836 g/mol. The maximum atomic E-state index is 12.4. The zero-order chi connectivity index (χ0) is 43.0. The molecule has 0 rings (SSSR count). The predicted molar refractivity (Wildman–Crippen MR) is 255 cm³/mol.